The number of hydrogen-bond donors (Lipinski definition) is 2. The molecule has 0 saturated carbocycles. The van der Waals surface area contributed by atoms with Crippen molar-refractivity contribution in [3.63, 3.8) is 0 Å². The fourth-order valence-corrected chi connectivity index (χ4v) is 3.41. The molecule has 0 unspecified atom stereocenters. The summed E-state index contributed by atoms with van der Waals surface area (Å²) in [6.45, 7) is -2.03. The van der Waals surface area contributed by atoms with Crippen LogP contribution < -0.4 is 15.4 Å². The number of amides is 1. The van der Waals surface area contributed by atoms with Crippen molar-refractivity contribution in [1.29, 1.82) is 0 Å². The second-order valence-electron chi connectivity index (χ2n) is 7.24. The number of ether oxygens (including phenoxy) is 1. The van der Waals surface area contributed by atoms with Crippen molar-refractivity contribution < 1.29 is 40.3 Å². The van der Waals surface area contributed by atoms with Crippen LogP contribution in [0.1, 0.15) is 41.9 Å². The number of fused-ring (bicyclic) bond motifs is 1. The largest absolute Gasteiger partial charge is 0.435 e. The summed E-state index contributed by atoms with van der Waals surface area (Å²) in [7, 11) is 0. The van der Waals surface area contributed by atoms with Gasteiger partial charge in [-0.3, -0.25) is 4.79 Å². The van der Waals surface area contributed by atoms with E-state index in [1.54, 1.807) is 0 Å². The fourth-order valence-electron chi connectivity index (χ4n) is 3.41. The number of benzene rings is 1. The number of nitrogens with zero attached hydrogens (tertiary/aromatic N) is 1. The molecule has 1 aromatic heterocycles. The number of nitrogens with one attached hydrogen (secondary N) is 2. The zero-order valence-corrected chi connectivity index (χ0v) is 16.1. The first kappa shape index (κ1) is 25.6. The predicted molar refractivity (Wildman–Crippen MR) is 103 cm³/mol. The zero-order chi connectivity index (χ0) is 23.0. The first-order valence-electron chi connectivity index (χ1n) is 9.22. The topological polar surface area (TPSA) is 63.2 Å². The van der Waals surface area contributed by atoms with Crippen molar-refractivity contribution in [3.05, 3.63) is 35.0 Å². The molecule has 1 saturated heterocycles. The van der Waals surface area contributed by atoms with Gasteiger partial charge in [0.2, 0.25) is 0 Å². The Balaban J connectivity index is 0.00000363. The minimum atomic E-state index is -4.95. The van der Waals surface area contributed by atoms with Crippen LogP contribution in [-0.4, -0.2) is 42.6 Å². The van der Waals surface area contributed by atoms with Gasteiger partial charge in [-0.05, 0) is 30.7 Å². The Morgan fingerprint density at radius 3 is 2.59 bits per heavy atom. The Labute approximate surface area is 179 Å². The minimum Gasteiger partial charge on any atom is -0.435 e. The summed E-state index contributed by atoms with van der Waals surface area (Å²) in [4.78, 5) is 16.2. The Morgan fingerprint density at radius 1 is 1.31 bits per heavy atom. The number of halogens is 7. The summed E-state index contributed by atoms with van der Waals surface area (Å²) in [5.74, 6) is -4.40. The van der Waals surface area contributed by atoms with E-state index in [1.165, 1.54) is 13.0 Å². The number of hydrogen-bond acceptors (Lipinski definition) is 4. The molecule has 1 atom stereocenters. The maximum atomic E-state index is 13.5. The molecule has 0 radical (unpaired) electrons. The second-order valence-corrected chi connectivity index (χ2v) is 7.24. The molecule has 1 aliphatic heterocycles. The van der Waals surface area contributed by atoms with Gasteiger partial charge in [-0.15, -0.1) is 0 Å². The zero-order valence-electron chi connectivity index (χ0n) is 16.1. The normalized spacial score (nSPS) is 18.3. The third-order valence-corrected chi connectivity index (χ3v) is 4.83. The van der Waals surface area contributed by atoms with Crippen LogP contribution in [-0.2, 0) is 6.18 Å². The molecule has 32 heavy (non-hydrogen) atoms. The van der Waals surface area contributed by atoms with Crippen molar-refractivity contribution in [3.8, 4) is 5.75 Å². The average Bonchev–Trinajstić information content (AvgIpc) is 2.64. The molecule has 12 heteroatoms. The first-order chi connectivity index (χ1) is 14.4. The summed E-state index contributed by atoms with van der Waals surface area (Å²) >= 11 is 0. The summed E-state index contributed by atoms with van der Waals surface area (Å²) in [5.41, 5.74) is -2.14. The van der Waals surface area contributed by atoms with Crippen molar-refractivity contribution in [1.82, 2.24) is 15.6 Å². The third-order valence-electron chi connectivity index (χ3n) is 4.83. The lowest BCUT2D eigenvalue weighted by molar-refractivity contribution is -0.136. The predicted octanol–water partition coefficient (Wildman–Crippen LogP) is 4.92. The molecule has 2 heterocycles. The van der Waals surface area contributed by atoms with Gasteiger partial charge in [0.05, 0.1) is 11.1 Å². The highest BCUT2D eigenvalue weighted by Gasteiger charge is 2.37. The van der Waals surface area contributed by atoms with Crippen LogP contribution in [0.2, 0.25) is 0 Å². The third kappa shape index (κ3) is 5.99. The lowest BCUT2D eigenvalue weighted by Gasteiger charge is -2.30. The van der Waals surface area contributed by atoms with Crippen molar-refractivity contribution in [2.45, 2.75) is 51.9 Å². The molecule has 2 N–H and O–H groups in total. The van der Waals surface area contributed by atoms with Crippen molar-refractivity contribution >= 4 is 16.8 Å². The summed E-state index contributed by atoms with van der Waals surface area (Å²) in [6, 6.07) is 1.85. The van der Waals surface area contributed by atoms with Crippen LogP contribution in [0.4, 0.5) is 30.7 Å². The van der Waals surface area contributed by atoms with Gasteiger partial charge in [0.15, 0.2) is 0 Å². The van der Waals surface area contributed by atoms with E-state index in [0.29, 0.717) is 6.07 Å². The lowest BCUT2D eigenvalue weighted by atomic mass is 10.0. The van der Waals surface area contributed by atoms with E-state index in [-0.39, 0.29) is 43.6 Å². The van der Waals surface area contributed by atoms with Crippen LogP contribution in [0.15, 0.2) is 18.2 Å². The number of pyridine rings is 1. The average molecular weight is 469 g/mol. The number of aromatic nitrogens is 1. The quantitative estimate of drug-likeness (QED) is 0.611. The van der Waals surface area contributed by atoms with Gasteiger partial charge in [0, 0.05) is 37.4 Å². The second kappa shape index (κ2) is 9.47. The van der Waals surface area contributed by atoms with E-state index < -0.39 is 53.9 Å². The summed E-state index contributed by atoms with van der Waals surface area (Å²) < 4.78 is 96.5. The van der Waals surface area contributed by atoms with Crippen molar-refractivity contribution in [2.24, 2.45) is 0 Å². The molecule has 2 aromatic rings. The molecule has 0 aliphatic carbocycles. The number of aryl methyl sites for hydroxylation is 1. The van der Waals surface area contributed by atoms with E-state index >= 15 is 0 Å². The van der Waals surface area contributed by atoms with Crippen LogP contribution in [0.5, 0.6) is 5.75 Å². The van der Waals surface area contributed by atoms with E-state index in [2.05, 4.69) is 20.4 Å². The highest BCUT2D eigenvalue weighted by Crippen LogP contribution is 2.38. The summed E-state index contributed by atoms with van der Waals surface area (Å²) in [6.07, 6.45) is -5.76. The molecule has 178 valence electrons. The Bertz CT molecular complexity index is 980. The summed E-state index contributed by atoms with van der Waals surface area (Å²) in [5, 5.41) is 5.11. The molecule has 3 rings (SSSR count). The smallest absolute Gasteiger partial charge is 0.418 e. The van der Waals surface area contributed by atoms with Crippen LogP contribution in [0, 0.1) is 6.92 Å². The van der Waals surface area contributed by atoms with E-state index in [0.717, 1.165) is 6.07 Å². The minimum absolute atomic E-state index is 0. The van der Waals surface area contributed by atoms with E-state index in [9.17, 15) is 35.5 Å². The standard InChI is InChI=1S/C19H18F7N3O2.CH4/c1-9-4-14(16(30)28-8-10-7-18(22,23)2-3-27-10)29-15-12(9)5-11(31-17(20)21)6-13(15)19(24,25)26;/h4-6,10,17,27H,2-3,7-8H2,1H3,(H,28,30);1H4/t10-;/m0./s1. The monoisotopic (exact) mass is 469 g/mol. The van der Waals surface area contributed by atoms with Gasteiger partial charge in [0.25, 0.3) is 11.8 Å². The number of carbonyl (C=O) groups is 1. The van der Waals surface area contributed by atoms with Crippen LogP contribution in [0.25, 0.3) is 10.9 Å². The SMILES string of the molecule is C.Cc1cc(C(=O)NC[C@@H]2CC(F)(F)CCN2)nc2c(C(F)(F)F)cc(OC(F)F)cc12. The highest BCUT2D eigenvalue weighted by atomic mass is 19.4. The van der Waals surface area contributed by atoms with Gasteiger partial charge < -0.3 is 15.4 Å². The van der Waals surface area contributed by atoms with Crippen LogP contribution in [0.3, 0.4) is 0 Å². The van der Waals surface area contributed by atoms with Gasteiger partial charge in [0.1, 0.15) is 11.4 Å². The fraction of sp³-hybridized carbons (Fsp3) is 0.500. The van der Waals surface area contributed by atoms with Gasteiger partial charge in [-0.25, -0.2) is 13.8 Å². The van der Waals surface area contributed by atoms with Crippen molar-refractivity contribution in [2.75, 3.05) is 13.1 Å². The maximum Gasteiger partial charge on any atom is 0.418 e. The van der Waals surface area contributed by atoms with Gasteiger partial charge >= 0.3 is 12.8 Å². The van der Waals surface area contributed by atoms with Crippen LogP contribution >= 0.6 is 0 Å². The van der Waals surface area contributed by atoms with E-state index in [1.807, 2.05) is 0 Å². The number of alkyl halides is 7. The molecule has 1 amide bonds. The van der Waals surface area contributed by atoms with Gasteiger partial charge in [-0.1, -0.05) is 7.43 Å². The lowest BCUT2D eigenvalue weighted by Crippen LogP contribution is -2.49. The molecule has 1 aromatic carbocycles. The Hall–Kier alpha value is -2.63. The number of rotatable bonds is 5. The van der Waals surface area contributed by atoms with E-state index in [4.69, 9.17) is 0 Å². The number of piperidine rings is 1. The number of carbonyl (C=O) groups excluding carboxylic acids is 1. The molecule has 0 spiro atoms. The molecule has 1 aliphatic rings. The molecular formula is C20H22F7N3O2. The molecule has 0 bridgehead atoms. The first-order valence-corrected chi connectivity index (χ1v) is 9.22. The Kier molecular flexibility index (Phi) is 7.59. The maximum absolute atomic E-state index is 13.5. The molecular weight excluding hydrogens is 447 g/mol. The van der Waals surface area contributed by atoms with Gasteiger partial charge in [-0.2, -0.15) is 22.0 Å². The Morgan fingerprint density at radius 2 is 2.00 bits per heavy atom. The highest BCUT2D eigenvalue weighted by molar-refractivity contribution is 5.97. The molecule has 5 nitrogen and oxygen atoms in total. The molecule has 1 fully saturated rings.